The van der Waals surface area contributed by atoms with Crippen LogP contribution in [0.25, 0.3) is 0 Å². The molecule has 2 rings (SSSR count). The second kappa shape index (κ2) is 5.61. The Labute approximate surface area is 95.9 Å². The molecule has 0 unspecified atom stereocenters. The molecule has 1 fully saturated rings. The summed E-state index contributed by atoms with van der Waals surface area (Å²) in [4.78, 5) is 5.75. The van der Waals surface area contributed by atoms with Gasteiger partial charge < -0.3 is 5.73 Å². The first kappa shape index (κ1) is 11.1. The van der Waals surface area contributed by atoms with Gasteiger partial charge in [-0.25, -0.2) is 4.98 Å². The Morgan fingerprint density at radius 3 is 2.47 bits per heavy atom. The average molecular weight is 224 g/mol. The van der Waals surface area contributed by atoms with Gasteiger partial charge >= 0.3 is 0 Å². The summed E-state index contributed by atoms with van der Waals surface area (Å²) in [5, 5.41) is 1.33. The monoisotopic (exact) mass is 224 g/mol. The summed E-state index contributed by atoms with van der Waals surface area (Å²) < 4.78 is 0. The molecule has 0 atom stereocenters. The lowest BCUT2D eigenvalue weighted by Gasteiger charge is -2.17. The zero-order chi connectivity index (χ0) is 10.5. The quantitative estimate of drug-likeness (QED) is 0.836. The van der Waals surface area contributed by atoms with Crippen LogP contribution in [0.4, 0.5) is 0 Å². The van der Waals surface area contributed by atoms with Crippen molar-refractivity contribution >= 4 is 11.3 Å². The molecule has 1 saturated carbocycles. The first-order chi connectivity index (χ1) is 7.40. The number of nitrogens with zero attached hydrogens (tertiary/aromatic N) is 1. The van der Waals surface area contributed by atoms with Crippen molar-refractivity contribution < 1.29 is 0 Å². The molecule has 0 aromatic carbocycles. The standard InChI is InChI=1S/C12H20N2S/c13-8-11-9-14-12(15-11)10-6-4-2-1-3-5-7-10/h9-10H,1-8,13H2. The second-order valence-corrected chi connectivity index (χ2v) is 5.56. The predicted molar refractivity (Wildman–Crippen MR) is 65.1 cm³/mol. The Morgan fingerprint density at radius 1 is 1.20 bits per heavy atom. The molecule has 1 heterocycles. The number of hydrogen-bond donors (Lipinski definition) is 1. The molecule has 0 bridgehead atoms. The van der Waals surface area contributed by atoms with Gasteiger partial charge in [0.25, 0.3) is 0 Å². The minimum Gasteiger partial charge on any atom is -0.326 e. The fraction of sp³-hybridized carbons (Fsp3) is 0.750. The highest BCUT2D eigenvalue weighted by atomic mass is 32.1. The molecule has 1 aromatic rings. The van der Waals surface area contributed by atoms with E-state index in [1.165, 1.54) is 54.8 Å². The van der Waals surface area contributed by atoms with Crippen molar-refractivity contribution in [2.45, 2.75) is 57.4 Å². The predicted octanol–water partition coefficient (Wildman–Crippen LogP) is 3.43. The largest absolute Gasteiger partial charge is 0.326 e. The van der Waals surface area contributed by atoms with Crippen molar-refractivity contribution in [3.8, 4) is 0 Å². The fourth-order valence-electron chi connectivity index (χ4n) is 2.31. The lowest BCUT2D eigenvalue weighted by atomic mass is 9.92. The molecule has 84 valence electrons. The molecule has 2 nitrogen and oxygen atoms in total. The Balaban J connectivity index is 2.00. The van der Waals surface area contributed by atoms with E-state index < -0.39 is 0 Å². The normalized spacial score (nSPS) is 19.8. The van der Waals surface area contributed by atoms with Crippen molar-refractivity contribution in [1.29, 1.82) is 0 Å². The first-order valence-electron chi connectivity index (χ1n) is 6.05. The van der Waals surface area contributed by atoms with Crippen LogP contribution in [0, 0.1) is 0 Å². The van der Waals surface area contributed by atoms with Gasteiger partial charge in [-0.3, -0.25) is 0 Å². The van der Waals surface area contributed by atoms with E-state index in [1.54, 1.807) is 0 Å². The molecule has 1 aromatic heterocycles. The molecule has 3 heteroatoms. The zero-order valence-electron chi connectivity index (χ0n) is 9.24. The van der Waals surface area contributed by atoms with Gasteiger partial charge in [0.2, 0.25) is 0 Å². The Bertz CT molecular complexity index is 288. The van der Waals surface area contributed by atoms with Crippen LogP contribution in [-0.2, 0) is 6.54 Å². The van der Waals surface area contributed by atoms with Crippen LogP contribution in [0.2, 0.25) is 0 Å². The van der Waals surface area contributed by atoms with E-state index in [1.807, 2.05) is 17.5 Å². The summed E-state index contributed by atoms with van der Waals surface area (Å²) >= 11 is 1.82. The van der Waals surface area contributed by atoms with E-state index in [9.17, 15) is 0 Å². The first-order valence-corrected chi connectivity index (χ1v) is 6.86. The van der Waals surface area contributed by atoms with E-state index in [0.717, 1.165) is 5.92 Å². The summed E-state index contributed by atoms with van der Waals surface area (Å²) in [6, 6.07) is 0. The molecule has 0 aliphatic heterocycles. The van der Waals surface area contributed by atoms with Crippen LogP contribution in [0.3, 0.4) is 0 Å². The summed E-state index contributed by atoms with van der Waals surface area (Å²) in [5.74, 6) is 0.718. The van der Waals surface area contributed by atoms with Gasteiger partial charge in [-0.05, 0) is 12.8 Å². The molecule has 0 radical (unpaired) electrons. The van der Waals surface area contributed by atoms with Crippen LogP contribution in [0.1, 0.15) is 60.7 Å². The summed E-state index contributed by atoms with van der Waals surface area (Å²) in [6.45, 7) is 0.643. The van der Waals surface area contributed by atoms with Gasteiger partial charge in [0, 0.05) is 23.5 Å². The summed E-state index contributed by atoms with van der Waals surface area (Å²) in [7, 11) is 0. The van der Waals surface area contributed by atoms with Gasteiger partial charge in [-0.1, -0.05) is 32.1 Å². The lowest BCUT2D eigenvalue weighted by molar-refractivity contribution is 0.454. The van der Waals surface area contributed by atoms with E-state index >= 15 is 0 Å². The maximum Gasteiger partial charge on any atom is 0.0959 e. The minimum atomic E-state index is 0.643. The number of rotatable bonds is 2. The highest BCUT2D eigenvalue weighted by Gasteiger charge is 2.16. The molecule has 1 aliphatic carbocycles. The van der Waals surface area contributed by atoms with Crippen LogP contribution in [0.5, 0.6) is 0 Å². The van der Waals surface area contributed by atoms with Gasteiger partial charge in [0.05, 0.1) is 5.01 Å². The third-order valence-corrected chi connectivity index (χ3v) is 4.41. The molecule has 0 saturated heterocycles. The van der Waals surface area contributed by atoms with Crippen LogP contribution >= 0.6 is 11.3 Å². The number of hydrogen-bond acceptors (Lipinski definition) is 3. The number of aromatic nitrogens is 1. The molecule has 0 amide bonds. The maximum absolute atomic E-state index is 5.62. The Kier molecular flexibility index (Phi) is 4.15. The summed E-state index contributed by atoms with van der Waals surface area (Å²) in [5.41, 5.74) is 5.62. The molecule has 1 aliphatic rings. The minimum absolute atomic E-state index is 0.643. The molecular formula is C12H20N2S. The topological polar surface area (TPSA) is 38.9 Å². The van der Waals surface area contributed by atoms with E-state index in [2.05, 4.69) is 4.98 Å². The van der Waals surface area contributed by atoms with Crippen molar-refractivity contribution in [3.05, 3.63) is 16.1 Å². The smallest absolute Gasteiger partial charge is 0.0959 e. The maximum atomic E-state index is 5.62. The molecule has 2 N–H and O–H groups in total. The van der Waals surface area contributed by atoms with Gasteiger partial charge in [0.15, 0.2) is 0 Å². The lowest BCUT2D eigenvalue weighted by Crippen LogP contribution is -2.01. The van der Waals surface area contributed by atoms with E-state index in [4.69, 9.17) is 5.73 Å². The van der Waals surface area contributed by atoms with Gasteiger partial charge in [-0.15, -0.1) is 11.3 Å². The van der Waals surface area contributed by atoms with Gasteiger partial charge in [0.1, 0.15) is 0 Å². The van der Waals surface area contributed by atoms with Crippen LogP contribution in [-0.4, -0.2) is 4.98 Å². The van der Waals surface area contributed by atoms with Crippen molar-refractivity contribution in [1.82, 2.24) is 4.98 Å². The molecular weight excluding hydrogens is 204 g/mol. The SMILES string of the molecule is NCc1cnc(C2CCCCCCC2)s1. The number of thiazole rings is 1. The van der Waals surface area contributed by atoms with Crippen molar-refractivity contribution in [2.75, 3.05) is 0 Å². The Morgan fingerprint density at radius 2 is 1.87 bits per heavy atom. The van der Waals surface area contributed by atoms with Gasteiger partial charge in [-0.2, -0.15) is 0 Å². The van der Waals surface area contributed by atoms with E-state index in [0.29, 0.717) is 6.54 Å². The third kappa shape index (κ3) is 3.02. The van der Waals surface area contributed by atoms with Crippen LogP contribution in [0.15, 0.2) is 6.20 Å². The average Bonchev–Trinajstić information content (AvgIpc) is 2.65. The Hall–Kier alpha value is -0.410. The number of nitrogens with two attached hydrogens (primary N) is 1. The molecule has 15 heavy (non-hydrogen) atoms. The third-order valence-electron chi connectivity index (χ3n) is 3.23. The van der Waals surface area contributed by atoms with E-state index in [-0.39, 0.29) is 0 Å². The summed E-state index contributed by atoms with van der Waals surface area (Å²) in [6.07, 6.45) is 11.6. The van der Waals surface area contributed by atoms with Crippen LogP contribution < -0.4 is 5.73 Å². The highest BCUT2D eigenvalue weighted by molar-refractivity contribution is 7.11. The highest BCUT2D eigenvalue weighted by Crippen LogP contribution is 2.32. The second-order valence-electron chi connectivity index (χ2n) is 4.41. The fourth-order valence-corrected chi connectivity index (χ4v) is 3.27. The van der Waals surface area contributed by atoms with Crippen molar-refractivity contribution in [2.24, 2.45) is 5.73 Å². The molecule has 0 spiro atoms. The van der Waals surface area contributed by atoms with Crippen molar-refractivity contribution in [3.63, 3.8) is 0 Å². The zero-order valence-corrected chi connectivity index (χ0v) is 10.1.